The Labute approximate surface area is 154 Å². The van der Waals surface area contributed by atoms with Crippen LogP contribution in [-0.4, -0.2) is 0 Å². The van der Waals surface area contributed by atoms with Gasteiger partial charge in [-0.25, -0.2) is 0 Å². The molecule has 0 aliphatic carbocycles. The SMILES string of the molecule is c1ccc2c3c(ccc2c1)S[C@H]1N[C@@H]3Sc2ccc3ccccc3c21. The summed E-state index contributed by atoms with van der Waals surface area (Å²) in [6, 6.07) is 26.6. The van der Waals surface area contributed by atoms with E-state index in [0.717, 1.165) is 0 Å². The molecule has 2 heterocycles. The molecule has 2 atom stereocenters. The standard InChI is InChI=1S/C22H15NS2/c1-3-7-15-13(5-1)9-11-17-19(15)21-23-22(24-17)20-16-8-4-2-6-14(16)10-12-18(20)25-21/h1-12,21-23H/t21-,22-/m1/s1. The van der Waals surface area contributed by atoms with Gasteiger partial charge in [0.1, 0.15) is 0 Å². The van der Waals surface area contributed by atoms with Gasteiger partial charge in [-0.1, -0.05) is 60.7 Å². The summed E-state index contributed by atoms with van der Waals surface area (Å²) in [5, 5.41) is 9.92. The first kappa shape index (κ1) is 14.3. The first-order chi connectivity index (χ1) is 12.4. The van der Waals surface area contributed by atoms with Crippen molar-refractivity contribution in [3.63, 3.8) is 0 Å². The van der Waals surface area contributed by atoms with Crippen LogP contribution in [0.3, 0.4) is 0 Å². The third kappa shape index (κ3) is 2.03. The van der Waals surface area contributed by atoms with Crippen LogP contribution in [0.2, 0.25) is 0 Å². The minimum atomic E-state index is 0.320. The first-order valence-corrected chi connectivity index (χ1v) is 10.3. The van der Waals surface area contributed by atoms with Gasteiger partial charge >= 0.3 is 0 Å². The number of nitrogens with one attached hydrogen (secondary N) is 1. The Bertz CT molecular complexity index is 1060. The lowest BCUT2D eigenvalue weighted by Crippen LogP contribution is -2.30. The van der Waals surface area contributed by atoms with Crippen molar-refractivity contribution in [1.29, 1.82) is 0 Å². The number of thioether (sulfide) groups is 2. The Morgan fingerprint density at radius 2 is 1.04 bits per heavy atom. The smallest absolute Gasteiger partial charge is 0.0864 e. The number of fused-ring (bicyclic) bond motifs is 10. The summed E-state index contributed by atoms with van der Waals surface area (Å²) in [5.41, 5.74) is 2.89. The highest BCUT2D eigenvalue weighted by molar-refractivity contribution is 8.01. The third-order valence-electron chi connectivity index (χ3n) is 5.18. The van der Waals surface area contributed by atoms with Crippen LogP contribution in [0.1, 0.15) is 21.9 Å². The molecule has 2 aliphatic rings. The predicted molar refractivity (Wildman–Crippen MR) is 108 cm³/mol. The summed E-state index contributed by atoms with van der Waals surface area (Å²) >= 11 is 3.92. The normalized spacial score (nSPS) is 21.1. The van der Waals surface area contributed by atoms with Crippen molar-refractivity contribution in [3.8, 4) is 0 Å². The Kier molecular flexibility index (Phi) is 3.01. The Morgan fingerprint density at radius 1 is 0.560 bits per heavy atom. The largest absolute Gasteiger partial charge is 0.285 e. The van der Waals surface area contributed by atoms with Gasteiger partial charge in [0.2, 0.25) is 0 Å². The molecule has 2 bridgehead atoms. The van der Waals surface area contributed by atoms with Crippen molar-refractivity contribution in [3.05, 3.63) is 83.9 Å². The molecule has 1 N–H and O–H groups in total. The monoisotopic (exact) mass is 357 g/mol. The van der Waals surface area contributed by atoms with E-state index in [4.69, 9.17) is 0 Å². The Hall–Kier alpha value is -1.94. The highest BCUT2D eigenvalue weighted by Gasteiger charge is 2.36. The summed E-state index contributed by atoms with van der Waals surface area (Å²) in [7, 11) is 0. The van der Waals surface area contributed by atoms with Crippen molar-refractivity contribution in [2.75, 3.05) is 0 Å². The van der Waals surface area contributed by atoms with Gasteiger partial charge in [-0.2, -0.15) is 0 Å². The second-order valence-electron chi connectivity index (χ2n) is 6.56. The minimum absolute atomic E-state index is 0.320. The minimum Gasteiger partial charge on any atom is -0.285 e. The zero-order valence-corrected chi connectivity index (χ0v) is 15.0. The van der Waals surface area contributed by atoms with Crippen molar-refractivity contribution in [2.45, 2.75) is 20.5 Å². The molecular formula is C22H15NS2. The molecule has 3 heteroatoms. The van der Waals surface area contributed by atoms with Gasteiger partial charge in [0.05, 0.1) is 10.7 Å². The average Bonchev–Trinajstić information content (AvgIpc) is 2.67. The molecule has 0 aromatic heterocycles. The molecule has 4 aromatic rings. The van der Waals surface area contributed by atoms with E-state index in [2.05, 4.69) is 78.1 Å². The van der Waals surface area contributed by atoms with E-state index in [9.17, 15) is 0 Å². The molecule has 0 spiro atoms. The van der Waals surface area contributed by atoms with Gasteiger partial charge in [0.25, 0.3) is 0 Å². The fourth-order valence-electron chi connectivity index (χ4n) is 4.04. The van der Waals surface area contributed by atoms with Gasteiger partial charge in [-0.15, -0.1) is 23.5 Å². The van der Waals surface area contributed by atoms with Gasteiger partial charge in [0, 0.05) is 20.9 Å². The van der Waals surface area contributed by atoms with E-state index in [0.29, 0.717) is 10.7 Å². The second-order valence-corrected chi connectivity index (χ2v) is 8.85. The fourth-order valence-corrected chi connectivity index (χ4v) is 6.94. The quantitative estimate of drug-likeness (QED) is 0.386. The summed E-state index contributed by atoms with van der Waals surface area (Å²) in [6.45, 7) is 0. The number of hydrogen-bond donors (Lipinski definition) is 1. The molecule has 0 unspecified atom stereocenters. The van der Waals surface area contributed by atoms with Crippen LogP contribution < -0.4 is 5.32 Å². The Balaban J connectivity index is 1.59. The maximum Gasteiger partial charge on any atom is 0.0864 e. The molecule has 0 saturated heterocycles. The van der Waals surface area contributed by atoms with Crippen LogP contribution in [0.5, 0.6) is 0 Å². The number of rotatable bonds is 0. The second kappa shape index (κ2) is 5.28. The van der Waals surface area contributed by atoms with Gasteiger partial charge in [-0.3, -0.25) is 5.32 Å². The molecule has 6 rings (SSSR count). The predicted octanol–water partition coefficient (Wildman–Crippen LogP) is 6.49. The van der Waals surface area contributed by atoms with E-state index in [1.165, 1.54) is 42.5 Å². The first-order valence-electron chi connectivity index (χ1n) is 8.51. The number of hydrogen-bond acceptors (Lipinski definition) is 3. The molecule has 4 aromatic carbocycles. The average molecular weight is 358 g/mol. The van der Waals surface area contributed by atoms with Crippen molar-refractivity contribution in [1.82, 2.24) is 5.32 Å². The zero-order chi connectivity index (χ0) is 16.4. The van der Waals surface area contributed by atoms with Gasteiger partial charge in [-0.05, 0) is 33.7 Å². The molecular weight excluding hydrogens is 342 g/mol. The van der Waals surface area contributed by atoms with Crippen LogP contribution in [-0.2, 0) is 0 Å². The highest BCUT2D eigenvalue weighted by atomic mass is 32.2. The third-order valence-corrected chi connectivity index (χ3v) is 7.61. The molecule has 25 heavy (non-hydrogen) atoms. The summed E-state index contributed by atoms with van der Waals surface area (Å²) < 4.78 is 0. The maximum atomic E-state index is 3.88. The molecule has 0 saturated carbocycles. The lowest BCUT2D eigenvalue weighted by atomic mass is 10.0. The van der Waals surface area contributed by atoms with Crippen molar-refractivity contribution >= 4 is 45.1 Å². The van der Waals surface area contributed by atoms with Crippen LogP contribution in [0.15, 0.2) is 82.6 Å². The zero-order valence-electron chi connectivity index (χ0n) is 13.4. The van der Waals surface area contributed by atoms with Crippen molar-refractivity contribution in [2.24, 2.45) is 0 Å². The van der Waals surface area contributed by atoms with Crippen LogP contribution in [0.4, 0.5) is 0 Å². The van der Waals surface area contributed by atoms with E-state index in [1.807, 2.05) is 23.5 Å². The summed E-state index contributed by atoms with van der Waals surface area (Å²) in [6.07, 6.45) is 0. The van der Waals surface area contributed by atoms with Crippen LogP contribution >= 0.6 is 23.5 Å². The van der Waals surface area contributed by atoms with Gasteiger partial charge in [0.15, 0.2) is 0 Å². The topological polar surface area (TPSA) is 12.0 Å². The maximum absolute atomic E-state index is 3.88. The Morgan fingerprint density at radius 3 is 1.56 bits per heavy atom. The molecule has 2 aliphatic heterocycles. The fraction of sp³-hybridized carbons (Fsp3) is 0.0909. The van der Waals surface area contributed by atoms with E-state index < -0.39 is 0 Å². The van der Waals surface area contributed by atoms with Crippen molar-refractivity contribution < 1.29 is 0 Å². The lowest BCUT2D eigenvalue weighted by Gasteiger charge is -2.39. The van der Waals surface area contributed by atoms with E-state index >= 15 is 0 Å². The molecule has 0 amide bonds. The van der Waals surface area contributed by atoms with Crippen LogP contribution in [0.25, 0.3) is 21.5 Å². The van der Waals surface area contributed by atoms with Crippen LogP contribution in [0, 0.1) is 0 Å². The van der Waals surface area contributed by atoms with Gasteiger partial charge < -0.3 is 0 Å². The molecule has 120 valence electrons. The van der Waals surface area contributed by atoms with E-state index in [1.54, 1.807) is 0 Å². The highest BCUT2D eigenvalue weighted by Crippen LogP contribution is 2.57. The number of benzene rings is 4. The summed E-state index contributed by atoms with van der Waals surface area (Å²) in [4.78, 5) is 2.83. The molecule has 0 radical (unpaired) electrons. The molecule has 0 fully saturated rings. The summed E-state index contributed by atoms with van der Waals surface area (Å²) in [5.74, 6) is 0. The molecule has 1 nitrogen and oxygen atoms in total. The lowest BCUT2D eigenvalue weighted by molar-refractivity contribution is 0.627. The van der Waals surface area contributed by atoms with E-state index in [-0.39, 0.29) is 0 Å².